The van der Waals surface area contributed by atoms with Crippen LogP contribution in [0.2, 0.25) is 0 Å². The average molecular weight is 764 g/mol. The molecule has 0 aliphatic carbocycles. The predicted octanol–water partition coefficient (Wildman–Crippen LogP) is 16.1. The first-order chi connectivity index (χ1) is 29.7. The van der Waals surface area contributed by atoms with Crippen molar-refractivity contribution in [2.45, 2.75) is 0 Å². The van der Waals surface area contributed by atoms with Crippen LogP contribution in [0, 0.1) is 0 Å². The molecule has 0 bridgehead atoms. The topological polar surface area (TPSA) is 12.9 Å². The summed E-state index contributed by atoms with van der Waals surface area (Å²) in [6, 6.07) is 87.6. The second-order valence-corrected chi connectivity index (χ2v) is 15.2. The Hall–Kier alpha value is -7.87. The summed E-state index contributed by atoms with van der Waals surface area (Å²) in [6.45, 7) is 0. The molecule has 60 heavy (non-hydrogen) atoms. The Labute approximate surface area is 352 Å². The van der Waals surface area contributed by atoms with Gasteiger partial charge in [-0.2, -0.15) is 0 Å². The molecule has 1 heterocycles. The van der Waals surface area contributed by atoms with E-state index in [-0.39, 0.29) is 0 Å². The third-order valence-corrected chi connectivity index (χ3v) is 11.3. The largest absolute Gasteiger partial charge is 0.256 e. The minimum atomic E-state index is 0.957. The normalized spacial score (nSPS) is 11.0. The quantitative estimate of drug-likeness (QED) is 0.143. The summed E-state index contributed by atoms with van der Waals surface area (Å²) in [5, 5.41) is 0. The molecule has 0 N–H and O–H groups in total. The van der Waals surface area contributed by atoms with E-state index >= 15 is 0 Å². The number of pyridine rings is 1. The molecule has 1 nitrogen and oxygen atoms in total. The zero-order valence-electron chi connectivity index (χ0n) is 33.1. The third kappa shape index (κ3) is 7.85. The van der Waals surface area contributed by atoms with Crippen molar-refractivity contribution in [3.05, 3.63) is 249 Å². The minimum absolute atomic E-state index is 0.957. The molecule has 0 atom stereocenters. The highest BCUT2D eigenvalue weighted by molar-refractivity contribution is 5.88. The first kappa shape index (κ1) is 36.5. The maximum Gasteiger partial charge on any atom is 0.0702 e. The molecule has 1 heteroatoms. The van der Waals surface area contributed by atoms with Crippen molar-refractivity contribution in [2.75, 3.05) is 0 Å². The van der Waals surface area contributed by atoms with Crippen LogP contribution in [0.3, 0.4) is 0 Å². The van der Waals surface area contributed by atoms with Gasteiger partial charge in [0.2, 0.25) is 0 Å². The van der Waals surface area contributed by atoms with Gasteiger partial charge in [-0.1, -0.05) is 170 Å². The van der Waals surface area contributed by atoms with Crippen LogP contribution in [0.4, 0.5) is 0 Å². The highest BCUT2D eigenvalue weighted by Crippen LogP contribution is 2.39. The first-order valence-electron chi connectivity index (χ1n) is 20.5. The molecule has 0 fully saturated rings. The van der Waals surface area contributed by atoms with Gasteiger partial charge in [0.25, 0.3) is 0 Å². The van der Waals surface area contributed by atoms with Gasteiger partial charge in [-0.25, -0.2) is 0 Å². The monoisotopic (exact) mass is 763 g/mol. The Balaban J connectivity index is 1.14. The Morgan fingerprint density at radius 2 is 0.400 bits per heavy atom. The molecule has 0 saturated heterocycles. The van der Waals surface area contributed by atoms with E-state index < -0.39 is 0 Å². The van der Waals surface area contributed by atoms with Crippen LogP contribution in [0.15, 0.2) is 249 Å². The van der Waals surface area contributed by atoms with Gasteiger partial charge in [-0.3, -0.25) is 4.98 Å². The lowest BCUT2D eigenvalue weighted by molar-refractivity contribution is 1.33. The van der Waals surface area contributed by atoms with Crippen molar-refractivity contribution in [3.63, 3.8) is 0 Å². The fraction of sp³-hybridized carbons (Fsp3) is 0. The van der Waals surface area contributed by atoms with Gasteiger partial charge in [0, 0.05) is 11.8 Å². The summed E-state index contributed by atoms with van der Waals surface area (Å²) in [4.78, 5) is 4.68. The van der Waals surface area contributed by atoms with Gasteiger partial charge in [0.05, 0.1) is 5.69 Å². The molecule has 10 aromatic rings. The number of nitrogens with zero attached hydrogens (tertiary/aromatic N) is 1. The molecule has 0 saturated carbocycles. The van der Waals surface area contributed by atoms with E-state index in [2.05, 4.69) is 236 Å². The van der Waals surface area contributed by atoms with Crippen molar-refractivity contribution in [1.29, 1.82) is 0 Å². The minimum Gasteiger partial charge on any atom is -0.256 e. The summed E-state index contributed by atoms with van der Waals surface area (Å²) >= 11 is 0. The van der Waals surface area contributed by atoms with Crippen LogP contribution < -0.4 is 0 Å². The Bertz CT molecular complexity index is 3060. The summed E-state index contributed by atoms with van der Waals surface area (Å²) < 4.78 is 0. The second-order valence-electron chi connectivity index (χ2n) is 15.2. The Morgan fingerprint density at radius 3 is 0.767 bits per heavy atom. The molecule has 9 aromatic carbocycles. The van der Waals surface area contributed by atoms with Gasteiger partial charge < -0.3 is 0 Å². The van der Waals surface area contributed by atoms with Crippen molar-refractivity contribution in [3.8, 4) is 100 Å². The van der Waals surface area contributed by atoms with Crippen molar-refractivity contribution < 1.29 is 0 Å². The SMILES string of the molecule is c1ccc(-c2cccc(-c3cccc(-c4cc(-c5cc(-c6ccccc6)cc(-c6cccc(-c7ccccc7)c6)c5)cc(-c5cccc(-c6ccccn6)c5)c4)c3)c2)cc1. The molecule has 0 radical (unpaired) electrons. The number of benzene rings is 9. The second kappa shape index (κ2) is 16.5. The molecule has 1 aromatic heterocycles. The number of hydrogen-bond acceptors (Lipinski definition) is 1. The highest BCUT2D eigenvalue weighted by atomic mass is 14.7. The van der Waals surface area contributed by atoms with Gasteiger partial charge in [-0.05, 0) is 162 Å². The van der Waals surface area contributed by atoms with Gasteiger partial charge in [0.15, 0.2) is 0 Å². The lowest BCUT2D eigenvalue weighted by atomic mass is 9.88. The van der Waals surface area contributed by atoms with Crippen LogP contribution >= 0.6 is 0 Å². The fourth-order valence-electron chi connectivity index (χ4n) is 8.17. The van der Waals surface area contributed by atoms with Crippen LogP contribution in [-0.4, -0.2) is 4.98 Å². The van der Waals surface area contributed by atoms with Gasteiger partial charge in [-0.15, -0.1) is 0 Å². The standard InChI is InChI=1S/C59H41N/c1-4-16-42(17-5-1)45-22-12-24-47(32-45)48-25-14-27-50(34-48)55-38-56(51-28-15-29-52(35-51)59-30-10-11-31-60-59)41-58(40-55)57-37-53(44-20-8-3-9-21-44)36-54(39-57)49-26-13-23-46(33-49)43-18-6-2-7-19-43/h1-41H. The van der Waals surface area contributed by atoms with Crippen molar-refractivity contribution in [2.24, 2.45) is 0 Å². The zero-order valence-corrected chi connectivity index (χ0v) is 33.1. The molecule has 0 unspecified atom stereocenters. The van der Waals surface area contributed by atoms with E-state index in [0.29, 0.717) is 0 Å². The van der Waals surface area contributed by atoms with Crippen LogP contribution in [0.25, 0.3) is 100 Å². The molecule has 0 spiro atoms. The van der Waals surface area contributed by atoms with E-state index in [4.69, 9.17) is 0 Å². The molecule has 0 aliphatic rings. The Morgan fingerprint density at radius 1 is 0.167 bits per heavy atom. The van der Waals surface area contributed by atoms with Crippen LogP contribution in [0.1, 0.15) is 0 Å². The Kier molecular flexibility index (Phi) is 10.1. The number of rotatable bonds is 9. The predicted molar refractivity (Wildman–Crippen MR) is 253 cm³/mol. The van der Waals surface area contributed by atoms with Crippen LogP contribution in [-0.2, 0) is 0 Å². The molecule has 10 rings (SSSR count). The number of hydrogen-bond donors (Lipinski definition) is 0. The van der Waals surface area contributed by atoms with Crippen LogP contribution in [0.5, 0.6) is 0 Å². The fourth-order valence-corrected chi connectivity index (χ4v) is 8.17. The lowest BCUT2D eigenvalue weighted by Crippen LogP contribution is -1.90. The maximum absolute atomic E-state index is 4.68. The van der Waals surface area contributed by atoms with E-state index in [1.54, 1.807) is 0 Å². The summed E-state index contributed by atoms with van der Waals surface area (Å²) in [6.07, 6.45) is 1.86. The average Bonchev–Trinajstić information content (AvgIpc) is 3.35. The van der Waals surface area contributed by atoms with E-state index in [9.17, 15) is 0 Å². The summed E-state index contributed by atoms with van der Waals surface area (Å²) in [5.41, 5.74) is 20.9. The smallest absolute Gasteiger partial charge is 0.0702 e. The van der Waals surface area contributed by atoms with E-state index in [0.717, 1.165) is 44.6 Å². The lowest BCUT2D eigenvalue weighted by Gasteiger charge is -2.16. The third-order valence-electron chi connectivity index (χ3n) is 11.3. The number of aromatic nitrogens is 1. The molecule has 0 amide bonds. The highest BCUT2D eigenvalue weighted by Gasteiger charge is 2.14. The van der Waals surface area contributed by atoms with Gasteiger partial charge in [0.1, 0.15) is 0 Å². The van der Waals surface area contributed by atoms with Crippen molar-refractivity contribution >= 4 is 0 Å². The first-order valence-corrected chi connectivity index (χ1v) is 20.5. The molecule has 0 aliphatic heterocycles. The van der Waals surface area contributed by atoms with Crippen molar-refractivity contribution in [1.82, 2.24) is 4.98 Å². The summed E-state index contributed by atoms with van der Waals surface area (Å²) in [7, 11) is 0. The molecular weight excluding hydrogens is 723 g/mol. The zero-order chi connectivity index (χ0) is 40.1. The molecular formula is C59H41N. The molecule has 282 valence electrons. The maximum atomic E-state index is 4.68. The van der Waals surface area contributed by atoms with E-state index in [1.165, 1.54) is 55.6 Å². The van der Waals surface area contributed by atoms with Gasteiger partial charge >= 0.3 is 0 Å². The summed E-state index contributed by atoms with van der Waals surface area (Å²) in [5.74, 6) is 0. The van der Waals surface area contributed by atoms with E-state index in [1.807, 2.05) is 18.3 Å².